The minimum Gasteiger partial charge on any atom is -0.497 e. The van der Waals surface area contributed by atoms with E-state index in [0.717, 1.165) is 57.7 Å². The van der Waals surface area contributed by atoms with Crippen molar-refractivity contribution >= 4 is 64.5 Å². The van der Waals surface area contributed by atoms with E-state index in [1.165, 1.54) is 5.19 Å². The number of hydrogen-bond acceptors (Lipinski definition) is 6. The molecule has 2 saturated heterocycles. The quantitative estimate of drug-likeness (QED) is 0.131. The van der Waals surface area contributed by atoms with E-state index in [1.807, 2.05) is 89.8 Å². The number of carbonyl (C=O) groups is 3. The number of fused-ring (bicyclic) bond motifs is 2. The fraction of sp³-hybridized carbons (Fsp3) is 0.357. The number of benzene rings is 4. The zero-order valence-corrected chi connectivity index (χ0v) is 33.2. The number of nitrogens with zero attached hydrogens (tertiary/aromatic N) is 3. The van der Waals surface area contributed by atoms with Crippen molar-refractivity contribution in [3.8, 4) is 5.75 Å². The number of para-hydroxylation sites is 1. The van der Waals surface area contributed by atoms with E-state index in [4.69, 9.17) is 9.47 Å². The largest absolute Gasteiger partial charge is 0.497 e. The lowest BCUT2D eigenvalue weighted by atomic mass is 9.82. The lowest BCUT2D eigenvalue weighted by Gasteiger charge is -2.37. The Morgan fingerprint density at radius 1 is 1.04 bits per heavy atom. The van der Waals surface area contributed by atoms with E-state index >= 15 is 4.79 Å². The summed E-state index contributed by atoms with van der Waals surface area (Å²) in [6.07, 6.45) is 2.04. The summed E-state index contributed by atoms with van der Waals surface area (Å²) in [5.74, 6) is 0.317. The minimum absolute atomic E-state index is 0.0444. The molecule has 7 rings (SSSR count). The lowest BCUT2D eigenvalue weighted by molar-refractivity contribution is -0.150. The van der Waals surface area contributed by atoms with Crippen LogP contribution in [0.3, 0.4) is 0 Å². The predicted molar refractivity (Wildman–Crippen MR) is 212 cm³/mol. The van der Waals surface area contributed by atoms with Crippen molar-refractivity contribution < 1.29 is 29.0 Å². The average molecular weight is 797 g/mol. The molecule has 53 heavy (non-hydrogen) atoms. The Labute approximate surface area is 320 Å². The Morgan fingerprint density at radius 2 is 1.74 bits per heavy atom. The average Bonchev–Trinajstić information content (AvgIpc) is 3.83. The number of likely N-dealkylation sites (tertiary alicyclic amines) is 1. The number of halogens is 1. The number of aliphatic hydroxyl groups excluding tert-OH is 1. The highest BCUT2D eigenvalue weighted by Gasteiger charge is 2.66. The fourth-order valence-electron chi connectivity index (χ4n) is 9.09. The monoisotopic (exact) mass is 795 g/mol. The summed E-state index contributed by atoms with van der Waals surface area (Å²) in [5, 5.41) is 11.2. The molecule has 2 fully saturated rings. The third-order valence-corrected chi connectivity index (χ3v) is 16.6. The van der Waals surface area contributed by atoms with Crippen LogP contribution in [0.5, 0.6) is 5.75 Å². The molecule has 0 saturated carbocycles. The van der Waals surface area contributed by atoms with Gasteiger partial charge in [0.05, 0.1) is 52.6 Å². The summed E-state index contributed by atoms with van der Waals surface area (Å²) < 4.78 is 13.5. The van der Waals surface area contributed by atoms with Crippen LogP contribution < -0.4 is 19.7 Å². The summed E-state index contributed by atoms with van der Waals surface area (Å²) in [7, 11) is -0.807. The number of amides is 3. The number of aliphatic hydroxyl groups is 1. The van der Waals surface area contributed by atoms with Gasteiger partial charge in [-0.1, -0.05) is 83.6 Å². The molecule has 0 aromatic heterocycles. The van der Waals surface area contributed by atoms with Crippen molar-refractivity contribution in [1.29, 1.82) is 0 Å². The zero-order valence-electron chi connectivity index (χ0n) is 30.6. The molecule has 3 amide bonds. The molecule has 0 radical (unpaired) electrons. The predicted octanol–water partition coefficient (Wildman–Crippen LogP) is 6.89. The van der Waals surface area contributed by atoms with Gasteiger partial charge in [-0.2, -0.15) is 0 Å². The normalized spacial score (nSPS) is 23.8. The Morgan fingerprint density at radius 3 is 2.40 bits per heavy atom. The minimum atomic E-state index is -2.46. The van der Waals surface area contributed by atoms with Crippen LogP contribution in [0.15, 0.2) is 102 Å². The maximum Gasteiger partial charge on any atom is 0.264 e. The van der Waals surface area contributed by atoms with Crippen molar-refractivity contribution in [2.45, 2.75) is 69.1 Å². The van der Waals surface area contributed by atoms with Gasteiger partial charge in [-0.25, -0.2) is 0 Å². The van der Waals surface area contributed by atoms with Crippen molar-refractivity contribution in [3.05, 3.63) is 113 Å². The number of methoxy groups -OCH3 is 1. The van der Waals surface area contributed by atoms with Crippen LogP contribution in [0.4, 0.5) is 17.1 Å². The van der Waals surface area contributed by atoms with E-state index in [-0.39, 0.29) is 42.3 Å². The highest BCUT2D eigenvalue weighted by molar-refractivity contribution is 9.10. The second-order valence-corrected chi connectivity index (χ2v) is 20.6. The van der Waals surface area contributed by atoms with E-state index in [9.17, 15) is 14.7 Å². The molecule has 0 unspecified atom stereocenters. The van der Waals surface area contributed by atoms with Gasteiger partial charge >= 0.3 is 0 Å². The second kappa shape index (κ2) is 14.9. The Kier molecular flexibility index (Phi) is 10.4. The second-order valence-electron chi connectivity index (χ2n) is 15.0. The smallest absolute Gasteiger partial charge is 0.264 e. The molecule has 1 spiro atoms. The molecular formula is C42H46BrN3O6Si. The molecule has 276 valence electrons. The van der Waals surface area contributed by atoms with Crippen LogP contribution in [0.25, 0.3) is 0 Å². The number of ether oxygens (including phenoxy) is 2. The van der Waals surface area contributed by atoms with Crippen molar-refractivity contribution in [2.24, 2.45) is 5.92 Å². The van der Waals surface area contributed by atoms with Gasteiger partial charge in [-0.15, -0.1) is 0 Å². The van der Waals surface area contributed by atoms with E-state index in [2.05, 4.69) is 48.1 Å². The van der Waals surface area contributed by atoms with Gasteiger partial charge in [-0.3, -0.25) is 19.3 Å². The highest BCUT2D eigenvalue weighted by atomic mass is 79.9. The number of hydrogen-bond donors (Lipinski definition) is 1. The summed E-state index contributed by atoms with van der Waals surface area (Å²) in [4.78, 5) is 46.5. The van der Waals surface area contributed by atoms with E-state index in [0.29, 0.717) is 13.1 Å². The fourth-order valence-corrected chi connectivity index (χ4v) is 13.5. The van der Waals surface area contributed by atoms with Crippen molar-refractivity contribution in [2.75, 3.05) is 30.1 Å². The van der Waals surface area contributed by atoms with Crippen LogP contribution in [-0.4, -0.2) is 68.7 Å². The Bertz CT molecular complexity index is 1980. The van der Waals surface area contributed by atoms with Crippen LogP contribution in [0, 0.1) is 5.92 Å². The molecule has 5 atom stereocenters. The molecular weight excluding hydrogens is 750 g/mol. The zero-order chi connectivity index (χ0) is 37.5. The first-order valence-electron chi connectivity index (χ1n) is 18.3. The standard InChI is InChI=1S/C42H46BrN3O6Si/c1-28-40(53(3,4)35-19-17-34(51-2)18-20-35)38(24-39(49)44-22-8-11-33(44)26-47)52-42(28)36-23-30(43)14-21-37(36)45(41(42)50)25-29-12-15-32(16-13-29)46(27-48)31-9-6-5-7-10-31/h5-7,9-10,12-21,23,27-28,33,38,40,47H,8,11,22,24-26H2,1-4H3/t28-,33-,38+,40-,42+/m0/s1. The topological polar surface area (TPSA) is 99.6 Å². The first-order chi connectivity index (χ1) is 25.5. The van der Waals surface area contributed by atoms with Gasteiger partial charge in [0.1, 0.15) is 5.75 Å². The first-order valence-corrected chi connectivity index (χ1v) is 22.1. The Hall–Kier alpha value is -4.29. The third kappa shape index (κ3) is 6.51. The van der Waals surface area contributed by atoms with Gasteiger partial charge < -0.3 is 24.4 Å². The molecule has 3 aliphatic rings. The van der Waals surface area contributed by atoms with Gasteiger partial charge in [-0.05, 0) is 78.5 Å². The molecule has 0 bridgehead atoms. The first kappa shape index (κ1) is 37.0. The van der Waals surface area contributed by atoms with E-state index < -0.39 is 19.8 Å². The lowest BCUT2D eigenvalue weighted by Crippen LogP contribution is -2.52. The summed E-state index contributed by atoms with van der Waals surface area (Å²) in [5.41, 5.74) is 2.55. The van der Waals surface area contributed by atoms with E-state index in [1.54, 1.807) is 16.9 Å². The van der Waals surface area contributed by atoms with Crippen LogP contribution in [0.1, 0.15) is 37.3 Å². The number of rotatable bonds is 11. The summed E-state index contributed by atoms with van der Waals surface area (Å²) in [6, 6.07) is 31.0. The molecule has 3 aliphatic heterocycles. The number of anilines is 3. The van der Waals surface area contributed by atoms with Gasteiger partial charge in [0.2, 0.25) is 12.3 Å². The molecule has 11 heteroatoms. The summed E-state index contributed by atoms with van der Waals surface area (Å²) >= 11 is 3.68. The van der Waals surface area contributed by atoms with Gasteiger partial charge in [0, 0.05) is 33.9 Å². The number of carbonyl (C=O) groups excluding carboxylic acids is 3. The van der Waals surface area contributed by atoms with Gasteiger partial charge in [0.15, 0.2) is 5.60 Å². The van der Waals surface area contributed by atoms with Crippen molar-refractivity contribution in [3.63, 3.8) is 0 Å². The molecule has 4 aromatic carbocycles. The van der Waals surface area contributed by atoms with Crippen molar-refractivity contribution in [1.82, 2.24) is 4.90 Å². The SMILES string of the molecule is COc1ccc([Si](C)(C)[C@@H]2[C@@H](CC(=O)N3CCC[C@H]3CO)O[C@]3(C(=O)N(Cc4ccc(N(C=O)c5ccccc5)cc4)c4ccc(Br)cc43)[C@H]2C)cc1. The Balaban J connectivity index is 1.25. The third-order valence-electron chi connectivity index (χ3n) is 11.8. The molecule has 0 aliphatic carbocycles. The van der Waals surface area contributed by atoms with Crippen LogP contribution in [-0.2, 0) is 31.3 Å². The van der Waals surface area contributed by atoms with Gasteiger partial charge in [0.25, 0.3) is 5.91 Å². The molecule has 1 N–H and O–H groups in total. The molecule has 3 heterocycles. The summed E-state index contributed by atoms with van der Waals surface area (Å²) in [6.45, 7) is 7.58. The molecule has 9 nitrogen and oxygen atoms in total. The van der Waals surface area contributed by atoms with Crippen LogP contribution in [0.2, 0.25) is 18.6 Å². The highest BCUT2D eigenvalue weighted by Crippen LogP contribution is 2.60. The van der Waals surface area contributed by atoms with Crippen LogP contribution >= 0.6 is 15.9 Å². The molecule has 4 aromatic rings. The maximum absolute atomic E-state index is 15.2. The maximum atomic E-state index is 15.2.